The van der Waals surface area contributed by atoms with Crippen LogP contribution in [0.15, 0.2) is 42.5 Å². The van der Waals surface area contributed by atoms with Gasteiger partial charge in [0.1, 0.15) is 15.9 Å². The van der Waals surface area contributed by atoms with E-state index in [2.05, 4.69) is 10.6 Å². The maximum absolute atomic E-state index is 13.0. The van der Waals surface area contributed by atoms with Gasteiger partial charge in [-0.05, 0) is 43.5 Å². The van der Waals surface area contributed by atoms with Crippen molar-refractivity contribution >= 4 is 38.9 Å². The predicted octanol–water partition coefficient (Wildman–Crippen LogP) is 3.55. The van der Waals surface area contributed by atoms with E-state index in [0.29, 0.717) is 17.2 Å². The standard InChI is InChI=1S/C23H25ClN2O6S/c1-33(29,30)13-10-18(26-21(27)16-6-2-3-7-17(16)24)22(28)25-15-8-9-19-20(14-15)32-23(31-19)11-4-5-12-23/h2-3,6-9,14,18H,4-5,10-13H2,1H3,(H,25,28)(H,26,27). The van der Waals surface area contributed by atoms with Gasteiger partial charge in [-0.2, -0.15) is 0 Å². The summed E-state index contributed by atoms with van der Waals surface area (Å²) in [4.78, 5) is 25.7. The van der Waals surface area contributed by atoms with Crippen molar-refractivity contribution < 1.29 is 27.5 Å². The Morgan fingerprint density at radius 3 is 2.48 bits per heavy atom. The molecule has 2 N–H and O–H groups in total. The molecule has 2 aliphatic rings. The highest BCUT2D eigenvalue weighted by atomic mass is 35.5. The number of carbonyl (C=O) groups excluding carboxylic acids is 2. The maximum Gasteiger partial charge on any atom is 0.253 e. The van der Waals surface area contributed by atoms with Crippen molar-refractivity contribution in [3.05, 3.63) is 53.1 Å². The van der Waals surface area contributed by atoms with Crippen LogP contribution < -0.4 is 20.1 Å². The summed E-state index contributed by atoms with van der Waals surface area (Å²) in [6, 6.07) is 10.4. The Morgan fingerprint density at radius 2 is 1.79 bits per heavy atom. The second-order valence-electron chi connectivity index (χ2n) is 8.40. The van der Waals surface area contributed by atoms with E-state index in [9.17, 15) is 18.0 Å². The first-order chi connectivity index (χ1) is 15.6. The minimum atomic E-state index is -3.35. The van der Waals surface area contributed by atoms with Gasteiger partial charge in [-0.15, -0.1) is 0 Å². The molecule has 1 heterocycles. The molecule has 0 bridgehead atoms. The third-order valence-electron chi connectivity index (χ3n) is 5.69. The van der Waals surface area contributed by atoms with E-state index in [0.717, 1.165) is 31.9 Å². The highest BCUT2D eigenvalue weighted by molar-refractivity contribution is 7.90. The molecule has 176 valence electrons. The van der Waals surface area contributed by atoms with Crippen molar-refractivity contribution in [3.63, 3.8) is 0 Å². The van der Waals surface area contributed by atoms with Gasteiger partial charge < -0.3 is 20.1 Å². The lowest BCUT2D eigenvalue weighted by molar-refractivity contribution is -0.118. The zero-order chi connectivity index (χ0) is 23.6. The van der Waals surface area contributed by atoms with Crippen LogP contribution in [0.2, 0.25) is 5.02 Å². The molecule has 1 unspecified atom stereocenters. The lowest BCUT2D eigenvalue weighted by Crippen LogP contribution is -2.44. The number of sulfone groups is 1. The van der Waals surface area contributed by atoms with Gasteiger partial charge in [0.05, 0.1) is 16.3 Å². The molecule has 0 saturated heterocycles. The Hall–Kier alpha value is -2.78. The first-order valence-electron chi connectivity index (χ1n) is 10.7. The lowest BCUT2D eigenvalue weighted by atomic mass is 10.1. The number of ether oxygens (including phenoxy) is 2. The number of hydrogen-bond acceptors (Lipinski definition) is 6. The first kappa shape index (κ1) is 23.4. The van der Waals surface area contributed by atoms with Gasteiger partial charge in [-0.3, -0.25) is 9.59 Å². The normalized spacial score (nSPS) is 17.0. The van der Waals surface area contributed by atoms with E-state index in [4.69, 9.17) is 21.1 Å². The minimum Gasteiger partial charge on any atom is -0.448 e. The quantitative estimate of drug-likeness (QED) is 0.611. The van der Waals surface area contributed by atoms with Crippen molar-refractivity contribution in [2.75, 3.05) is 17.3 Å². The van der Waals surface area contributed by atoms with E-state index >= 15 is 0 Å². The van der Waals surface area contributed by atoms with E-state index < -0.39 is 33.5 Å². The molecular weight excluding hydrogens is 468 g/mol. The number of anilines is 1. The van der Waals surface area contributed by atoms with Crippen molar-refractivity contribution in [2.45, 2.75) is 43.9 Å². The number of carbonyl (C=O) groups is 2. The molecule has 2 aromatic rings. The minimum absolute atomic E-state index is 0.0888. The van der Waals surface area contributed by atoms with E-state index in [-0.39, 0.29) is 22.8 Å². The highest BCUT2D eigenvalue weighted by Crippen LogP contribution is 2.47. The molecule has 8 nitrogen and oxygen atoms in total. The average molecular weight is 493 g/mol. The molecule has 1 fully saturated rings. The van der Waals surface area contributed by atoms with Crippen LogP contribution >= 0.6 is 11.6 Å². The molecule has 1 spiro atoms. The van der Waals surface area contributed by atoms with Crippen LogP contribution in [0, 0.1) is 0 Å². The second kappa shape index (κ2) is 9.23. The smallest absolute Gasteiger partial charge is 0.253 e. The molecule has 2 aromatic carbocycles. The summed E-state index contributed by atoms with van der Waals surface area (Å²) in [5.41, 5.74) is 0.648. The fraction of sp³-hybridized carbons (Fsp3) is 0.391. The molecule has 1 aliphatic carbocycles. The van der Waals surface area contributed by atoms with Crippen LogP contribution in [0.1, 0.15) is 42.5 Å². The molecule has 1 aliphatic heterocycles. The number of halogens is 1. The Balaban J connectivity index is 1.48. The fourth-order valence-corrected chi connectivity index (χ4v) is 4.89. The van der Waals surface area contributed by atoms with Crippen LogP contribution in [-0.2, 0) is 14.6 Å². The van der Waals surface area contributed by atoms with Crippen LogP contribution in [-0.4, -0.2) is 44.1 Å². The van der Waals surface area contributed by atoms with Crippen LogP contribution in [0.5, 0.6) is 11.5 Å². The SMILES string of the molecule is CS(=O)(=O)CCC(NC(=O)c1ccccc1Cl)C(=O)Nc1ccc2c(c1)OC1(CCCC1)O2. The van der Waals surface area contributed by atoms with E-state index in [1.165, 1.54) is 6.07 Å². The Bertz CT molecular complexity index is 1180. The largest absolute Gasteiger partial charge is 0.448 e. The van der Waals surface area contributed by atoms with Crippen LogP contribution in [0.3, 0.4) is 0 Å². The van der Waals surface area contributed by atoms with Crippen molar-refractivity contribution in [1.29, 1.82) is 0 Å². The number of benzene rings is 2. The molecule has 0 radical (unpaired) electrons. The van der Waals surface area contributed by atoms with Gasteiger partial charge in [0.25, 0.3) is 11.7 Å². The molecule has 1 saturated carbocycles. The zero-order valence-corrected chi connectivity index (χ0v) is 19.7. The number of rotatable bonds is 7. The summed E-state index contributed by atoms with van der Waals surface area (Å²) in [5, 5.41) is 5.57. The summed E-state index contributed by atoms with van der Waals surface area (Å²) in [6.45, 7) is 0. The third-order valence-corrected chi connectivity index (χ3v) is 6.99. The monoisotopic (exact) mass is 492 g/mol. The first-order valence-corrected chi connectivity index (χ1v) is 13.1. The van der Waals surface area contributed by atoms with Crippen LogP contribution in [0.25, 0.3) is 0 Å². The summed E-state index contributed by atoms with van der Waals surface area (Å²) in [5.74, 6) is -0.835. The summed E-state index contributed by atoms with van der Waals surface area (Å²) in [7, 11) is -3.35. The summed E-state index contributed by atoms with van der Waals surface area (Å²) < 4.78 is 35.4. The van der Waals surface area contributed by atoms with Crippen molar-refractivity contribution in [3.8, 4) is 11.5 Å². The number of hydrogen-bond donors (Lipinski definition) is 2. The number of amides is 2. The molecule has 33 heavy (non-hydrogen) atoms. The molecule has 1 atom stereocenters. The topological polar surface area (TPSA) is 111 Å². The molecule has 4 rings (SSSR count). The fourth-order valence-electron chi connectivity index (χ4n) is 4.00. The van der Waals surface area contributed by atoms with Gasteiger partial charge in [0, 0.05) is 30.9 Å². The second-order valence-corrected chi connectivity index (χ2v) is 11.1. The van der Waals surface area contributed by atoms with Crippen molar-refractivity contribution in [1.82, 2.24) is 5.32 Å². The van der Waals surface area contributed by atoms with Gasteiger partial charge in [-0.25, -0.2) is 8.42 Å². The Morgan fingerprint density at radius 1 is 1.09 bits per heavy atom. The zero-order valence-electron chi connectivity index (χ0n) is 18.1. The number of fused-ring (bicyclic) bond motifs is 1. The van der Waals surface area contributed by atoms with E-state index in [1.807, 2.05) is 0 Å². The van der Waals surface area contributed by atoms with Gasteiger partial charge in [0.2, 0.25) is 5.91 Å². The molecule has 2 amide bonds. The van der Waals surface area contributed by atoms with E-state index in [1.54, 1.807) is 36.4 Å². The third kappa shape index (κ3) is 5.59. The maximum atomic E-state index is 13.0. The average Bonchev–Trinajstić information content (AvgIpc) is 3.35. The highest BCUT2D eigenvalue weighted by Gasteiger charge is 2.44. The van der Waals surface area contributed by atoms with Gasteiger partial charge in [-0.1, -0.05) is 23.7 Å². The summed E-state index contributed by atoms with van der Waals surface area (Å²) >= 11 is 6.08. The molecule has 0 aromatic heterocycles. The van der Waals surface area contributed by atoms with Crippen LogP contribution in [0.4, 0.5) is 5.69 Å². The van der Waals surface area contributed by atoms with Crippen molar-refractivity contribution in [2.24, 2.45) is 0 Å². The Kier molecular flexibility index (Phi) is 6.54. The lowest BCUT2D eigenvalue weighted by Gasteiger charge is -2.21. The predicted molar refractivity (Wildman–Crippen MR) is 125 cm³/mol. The molecule has 10 heteroatoms. The van der Waals surface area contributed by atoms with Gasteiger partial charge in [0.15, 0.2) is 11.5 Å². The Labute approximate surface area is 197 Å². The summed E-state index contributed by atoms with van der Waals surface area (Å²) in [6.07, 6.45) is 4.68. The number of nitrogens with one attached hydrogen (secondary N) is 2. The molecular formula is C23H25ClN2O6S. The van der Waals surface area contributed by atoms with Gasteiger partial charge >= 0.3 is 0 Å².